The average molecular weight is 298 g/mol. The van der Waals surface area contributed by atoms with E-state index in [1.54, 1.807) is 12.1 Å². The van der Waals surface area contributed by atoms with Gasteiger partial charge in [0.2, 0.25) is 0 Å². The second kappa shape index (κ2) is 6.60. The molecule has 2 rings (SSSR count). The van der Waals surface area contributed by atoms with Crippen LogP contribution in [0.5, 0.6) is 5.75 Å². The SMILES string of the molecule is CC(C)(C)NCC1CCN(c2ccc(OC(F)F)cc2)C1. The van der Waals surface area contributed by atoms with Crippen LogP contribution in [0.4, 0.5) is 14.5 Å². The fraction of sp³-hybridized carbons (Fsp3) is 0.625. The molecule has 1 saturated heterocycles. The molecule has 0 spiro atoms. The molecule has 1 fully saturated rings. The van der Waals surface area contributed by atoms with Crippen LogP contribution in [-0.4, -0.2) is 31.8 Å². The van der Waals surface area contributed by atoms with E-state index in [1.165, 1.54) is 0 Å². The number of hydrogen-bond acceptors (Lipinski definition) is 3. The number of benzene rings is 1. The number of nitrogens with zero attached hydrogens (tertiary/aromatic N) is 1. The third-order valence-corrected chi connectivity index (χ3v) is 3.63. The third kappa shape index (κ3) is 5.16. The maximum atomic E-state index is 12.1. The predicted molar refractivity (Wildman–Crippen MR) is 81.1 cm³/mol. The predicted octanol–water partition coefficient (Wildman–Crippen LogP) is 3.50. The van der Waals surface area contributed by atoms with E-state index in [1.807, 2.05) is 12.1 Å². The average Bonchev–Trinajstić information content (AvgIpc) is 2.84. The summed E-state index contributed by atoms with van der Waals surface area (Å²) in [6, 6.07) is 6.89. The van der Waals surface area contributed by atoms with Gasteiger partial charge in [0, 0.05) is 30.9 Å². The van der Waals surface area contributed by atoms with Crippen LogP contribution < -0.4 is 15.0 Å². The number of anilines is 1. The first-order valence-electron chi connectivity index (χ1n) is 7.38. The molecule has 1 aromatic rings. The Kier molecular flexibility index (Phi) is 5.04. The summed E-state index contributed by atoms with van der Waals surface area (Å²) in [6.07, 6.45) is 1.15. The second-order valence-electron chi connectivity index (χ2n) is 6.60. The Morgan fingerprint density at radius 2 is 1.95 bits per heavy atom. The molecule has 1 aliphatic heterocycles. The molecular formula is C16H24F2N2O. The lowest BCUT2D eigenvalue weighted by Crippen LogP contribution is -2.39. The summed E-state index contributed by atoms with van der Waals surface area (Å²) in [4.78, 5) is 2.29. The molecule has 1 heterocycles. The smallest absolute Gasteiger partial charge is 0.387 e. The van der Waals surface area contributed by atoms with E-state index in [0.29, 0.717) is 5.92 Å². The largest absolute Gasteiger partial charge is 0.435 e. The fourth-order valence-electron chi connectivity index (χ4n) is 2.52. The Morgan fingerprint density at radius 3 is 2.52 bits per heavy atom. The van der Waals surface area contributed by atoms with Crippen molar-refractivity contribution in [3.05, 3.63) is 24.3 Å². The molecule has 1 unspecified atom stereocenters. The van der Waals surface area contributed by atoms with Gasteiger partial charge < -0.3 is 15.0 Å². The van der Waals surface area contributed by atoms with Gasteiger partial charge in [-0.25, -0.2) is 0 Å². The molecule has 0 aromatic heterocycles. The van der Waals surface area contributed by atoms with E-state index < -0.39 is 6.61 Å². The van der Waals surface area contributed by atoms with Crippen LogP contribution in [0.3, 0.4) is 0 Å². The zero-order valence-electron chi connectivity index (χ0n) is 12.9. The van der Waals surface area contributed by atoms with Crippen molar-refractivity contribution in [3.8, 4) is 5.75 Å². The Bertz CT molecular complexity index is 443. The summed E-state index contributed by atoms with van der Waals surface area (Å²) in [7, 11) is 0. The van der Waals surface area contributed by atoms with Crippen molar-refractivity contribution in [1.82, 2.24) is 5.32 Å². The number of rotatable bonds is 5. The van der Waals surface area contributed by atoms with Gasteiger partial charge in [-0.3, -0.25) is 0 Å². The summed E-state index contributed by atoms with van der Waals surface area (Å²) in [5, 5.41) is 3.54. The Labute approximate surface area is 125 Å². The standard InChI is InChI=1S/C16H24F2N2O/c1-16(2,3)19-10-12-8-9-20(11-12)13-4-6-14(7-5-13)21-15(17)18/h4-7,12,15,19H,8-11H2,1-3H3. The van der Waals surface area contributed by atoms with E-state index >= 15 is 0 Å². The van der Waals surface area contributed by atoms with Crippen LogP contribution in [0, 0.1) is 5.92 Å². The lowest BCUT2D eigenvalue weighted by molar-refractivity contribution is -0.0498. The van der Waals surface area contributed by atoms with Crippen molar-refractivity contribution >= 4 is 5.69 Å². The first kappa shape index (κ1) is 16.0. The van der Waals surface area contributed by atoms with Gasteiger partial charge in [-0.1, -0.05) is 0 Å². The first-order valence-corrected chi connectivity index (χ1v) is 7.38. The highest BCUT2D eigenvalue weighted by molar-refractivity contribution is 5.49. The number of ether oxygens (including phenoxy) is 1. The van der Waals surface area contributed by atoms with E-state index in [9.17, 15) is 8.78 Å². The molecule has 3 nitrogen and oxygen atoms in total. The van der Waals surface area contributed by atoms with Gasteiger partial charge in [0.05, 0.1) is 0 Å². The molecule has 0 radical (unpaired) electrons. The second-order valence-corrected chi connectivity index (χ2v) is 6.60. The molecule has 0 bridgehead atoms. The third-order valence-electron chi connectivity index (χ3n) is 3.63. The van der Waals surface area contributed by atoms with Crippen LogP contribution in [0.15, 0.2) is 24.3 Å². The van der Waals surface area contributed by atoms with Crippen molar-refractivity contribution in [2.75, 3.05) is 24.5 Å². The lowest BCUT2D eigenvalue weighted by Gasteiger charge is -2.24. The maximum Gasteiger partial charge on any atom is 0.387 e. The highest BCUT2D eigenvalue weighted by atomic mass is 19.3. The fourth-order valence-corrected chi connectivity index (χ4v) is 2.52. The molecule has 118 valence electrons. The minimum absolute atomic E-state index is 0.141. The normalized spacial score (nSPS) is 19.3. The van der Waals surface area contributed by atoms with Gasteiger partial charge in [-0.2, -0.15) is 8.78 Å². The molecular weight excluding hydrogens is 274 g/mol. The monoisotopic (exact) mass is 298 g/mol. The van der Waals surface area contributed by atoms with Crippen molar-refractivity contribution in [2.24, 2.45) is 5.92 Å². The van der Waals surface area contributed by atoms with Crippen LogP contribution in [0.25, 0.3) is 0 Å². The quantitative estimate of drug-likeness (QED) is 0.900. The molecule has 21 heavy (non-hydrogen) atoms. The lowest BCUT2D eigenvalue weighted by atomic mass is 10.1. The van der Waals surface area contributed by atoms with Crippen molar-refractivity contribution < 1.29 is 13.5 Å². The topological polar surface area (TPSA) is 24.5 Å². The molecule has 5 heteroatoms. The molecule has 0 aliphatic carbocycles. The molecule has 1 N–H and O–H groups in total. The number of alkyl halides is 2. The molecule has 1 atom stereocenters. The van der Waals surface area contributed by atoms with E-state index in [-0.39, 0.29) is 11.3 Å². The van der Waals surface area contributed by atoms with Gasteiger partial charge in [0.15, 0.2) is 0 Å². The van der Waals surface area contributed by atoms with Gasteiger partial charge in [0.1, 0.15) is 5.75 Å². The van der Waals surface area contributed by atoms with Crippen molar-refractivity contribution in [3.63, 3.8) is 0 Å². The van der Waals surface area contributed by atoms with Crippen LogP contribution in [0.1, 0.15) is 27.2 Å². The zero-order chi connectivity index (χ0) is 15.5. The molecule has 1 aromatic carbocycles. The number of nitrogens with one attached hydrogen (secondary N) is 1. The summed E-state index contributed by atoms with van der Waals surface area (Å²) in [5.41, 5.74) is 1.21. The molecule has 1 aliphatic rings. The van der Waals surface area contributed by atoms with Crippen molar-refractivity contribution in [2.45, 2.75) is 39.3 Å². The molecule has 0 saturated carbocycles. The highest BCUT2D eigenvalue weighted by Crippen LogP contribution is 2.26. The summed E-state index contributed by atoms with van der Waals surface area (Å²) >= 11 is 0. The minimum Gasteiger partial charge on any atom is -0.435 e. The molecule has 0 amide bonds. The van der Waals surface area contributed by atoms with Gasteiger partial charge >= 0.3 is 6.61 Å². The Hall–Kier alpha value is -1.36. The van der Waals surface area contributed by atoms with Gasteiger partial charge in [0.25, 0.3) is 0 Å². The summed E-state index contributed by atoms with van der Waals surface area (Å²) in [6.45, 7) is 6.75. The van der Waals surface area contributed by atoms with E-state index in [4.69, 9.17) is 0 Å². The first-order chi connectivity index (χ1) is 9.83. The number of halogens is 2. The Morgan fingerprint density at radius 1 is 1.29 bits per heavy atom. The Balaban J connectivity index is 1.86. The van der Waals surface area contributed by atoms with Gasteiger partial charge in [-0.05, 0) is 57.4 Å². The maximum absolute atomic E-state index is 12.1. The minimum atomic E-state index is -2.77. The van der Waals surface area contributed by atoms with Crippen molar-refractivity contribution in [1.29, 1.82) is 0 Å². The summed E-state index contributed by atoms with van der Waals surface area (Å²) < 4.78 is 28.6. The van der Waals surface area contributed by atoms with Crippen LogP contribution in [-0.2, 0) is 0 Å². The summed E-state index contributed by atoms with van der Waals surface area (Å²) in [5.74, 6) is 0.833. The van der Waals surface area contributed by atoms with Gasteiger partial charge in [-0.15, -0.1) is 0 Å². The highest BCUT2D eigenvalue weighted by Gasteiger charge is 2.24. The zero-order valence-corrected chi connectivity index (χ0v) is 12.9. The van der Waals surface area contributed by atoms with E-state index in [0.717, 1.165) is 31.7 Å². The van der Waals surface area contributed by atoms with Crippen LogP contribution in [0.2, 0.25) is 0 Å². The number of hydrogen-bond donors (Lipinski definition) is 1. The van der Waals surface area contributed by atoms with E-state index in [2.05, 4.69) is 35.7 Å². The van der Waals surface area contributed by atoms with Crippen LogP contribution >= 0.6 is 0 Å².